The number of halogens is 1. The van der Waals surface area contributed by atoms with Crippen LogP contribution in [0.4, 0.5) is 0 Å². The maximum absolute atomic E-state index is 8.13. The molecule has 4 aromatic carbocycles. The molecule has 2 heteroatoms. The summed E-state index contributed by atoms with van der Waals surface area (Å²) in [4.78, 5) is 0. The monoisotopic (exact) mass is 412 g/mol. The molecule has 4 aromatic rings. The van der Waals surface area contributed by atoms with Crippen LogP contribution in [0.5, 0.6) is 0 Å². The van der Waals surface area contributed by atoms with E-state index in [2.05, 4.69) is 121 Å². The van der Waals surface area contributed by atoms with Crippen LogP contribution in [0.1, 0.15) is 16.7 Å². The Morgan fingerprint density at radius 2 is 0.966 bits per heavy atom. The van der Waals surface area contributed by atoms with E-state index in [1.807, 2.05) is 0 Å². The van der Waals surface area contributed by atoms with Crippen LogP contribution in [0, 0.1) is 0 Å². The molecule has 0 bridgehead atoms. The average Bonchev–Trinajstić information content (AvgIpc) is 2.78. The van der Waals surface area contributed by atoms with E-state index in [4.69, 9.17) is 11.2 Å². The van der Waals surface area contributed by atoms with Gasteiger partial charge in [-0.25, -0.2) is 0 Å². The second-order valence-corrected chi connectivity index (χ2v) is 14.1. The average molecular weight is 413 g/mol. The first-order valence-electron chi connectivity index (χ1n) is 9.89. The topological polar surface area (TPSA) is 0 Å². The van der Waals surface area contributed by atoms with Gasteiger partial charge in [0.1, 0.15) is 0 Å². The van der Waals surface area contributed by atoms with Crippen molar-refractivity contribution in [2.75, 3.05) is 0 Å². The standard InChI is InChI=1S/C27H22ClP/c28-29(25-10-4-1-5-11-25,26-12-6-2-7-13-26,27-14-8-3-9-15-27)21-22-16-17-23-18-19-24(23)20-22/h1-20H,21H2. The summed E-state index contributed by atoms with van der Waals surface area (Å²) in [7, 11) is 0. The molecule has 0 atom stereocenters. The van der Waals surface area contributed by atoms with Gasteiger partial charge in [-0.05, 0) is 0 Å². The van der Waals surface area contributed by atoms with Gasteiger partial charge in [0.25, 0.3) is 0 Å². The van der Waals surface area contributed by atoms with Crippen molar-refractivity contribution in [1.29, 1.82) is 0 Å². The van der Waals surface area contributed by atoms with Crippen LogP contribution >= 0.6 is 17.2 Å². The number of hydrogen-bond acceptors (Lipinski definition) is 0. The van der Waals surface area contributed by atoms with Crippen molar-refractivity contribution in [3.05, 3.63) is 126 Å². The summed E-state index contributed by atoms with van der Waals surface area (Å²) in [6.07, 6.45) is 5.12. The van der Waals surface area contributed by atoms with Crippen molar-refractivity contribution in [3.8, 4) is 0 Å². The van der Waals surface area contributed by atoms with Crippen LogP contribution < -0.4 is 15.9 Å². The Labute approximate surface area is 177 Å². The predicted molar refractivity (Wildman–Crippen MR) is 130 cm³/mol. The molecule has 0 amide bonds. The fourth-order valence-corrected chi connectivity index (χ4v) is 10.5. The number of benzene rings is 4. The molecule has 0 N–H and O–H groups in total. The summed E-state index contributed by atoms with van der Waals surface area (Å²) < 4.78 is 0. The van der Waals surface area contributed by atoms with Crippen molar-refractivity contribution >= 4 is 45.3 Å². The first-order chi connectivity index (χ1) is 14.2. The Bertz CT molecular complexity index is 1080. The molecule has 0 spiro atoms. The van der Waals surface area contributed by atoms with Crippen LogP contribution in [-0.4, -0.2) is 0 Å². The SMILES string of the molecule is ClP(Cc1ccc2c(c1)C=C2)(c1ccccc1)(c1ccccc1)c1ccccc1. The van der Waals surface area contributed by atoms with Crippen molar-refractivity contribution in [2.45, 2.75) is 6.16 Å². The second-order valence-electron chi connectivity index (χ2n) is 7.64. The van der Waals surface area contributed by atoms with E-state index in [1.54, 1.807) is 0 Å². The molecule has 0 unspecified atom stereocenters. The Morgan fingerprint density at radius 3 is 1.34 bits per heavy atom. The van der Waals surface area contributed by atoms with Gasteiger partial charge in [-0.2, -0.15) is 0 Å². The van der Waals surface area contributed by atoms with E-state index in [1.165, 1.54) is 32.6 Å². The van der Waals surface area contributed by atoms with E-state index < -0.39 is 5.96 Å². The van der Waals surface area contributed by atoms with Crippen LogP contribution in [0.25, 0.3) is 12.2 Å². The molecule has 0 saturated carbocycles. The first-order valence-corrected chi connectivity index (χ1v) is 13.2. The Balaban J connectivity index is 1.83. The molecule has 142 valence electrons. The summed E-state index contributed by atoms with van der Waals surface area (Å²) in [5.41, 5.74) is 3.89. The van der Waals surface area contributed by atoms with E-state index in [9.17, 15) is 0 Å². The Morgan fingerprint density at radius 1 is 0.517 bits per heavy atom. The quantitative estimate of drug-likeness (QED) is 0.295. The zero-order valence-electron chi connectivity index (χ0n) is 16.1. The Kier molecular flexibility index (Phi) is 4.43. The van der Waals surface area contributed by atoms with Gasteiger partial charge in [0, 0.05) is 0 Å². The van der Waals surface area contributed by atoms with Crippen molar-refractivity contribution in [2.24, 2.45) is 0 Å². The molecular formula is C27H22ClP. The van der Waals surface area contributed by atoms with Gasteiger partial charge in [-0.15, -0.1) is 0 Å². The predicted octanol–water partition coefficient (Wildman–Crippen LogP) is 6.35. The van der Waals surface area contributed by atoms with Gasteiger partial charge >= 0.3 is 177 Å². The minimum absolute atomic E-state index is 0.784. The number of rotatable bonds is 5. The van der Waals surface area contributed by atoms with Crippen molar-refractivity contribution < 1.29 is 0 Å². The second kappa shape index (κ2) is 6.99. The number of fused-ring (bicyclic) bond motifs is 1. The molecule has 0 nitrogen and oxygen atoms in total. The molecule has 0 saturated heterocycles. The zero-order valence-corrected chi connectivity index (χ0v) is 17.7. The van der Waals surface area contributed by atoms with Crippen LogP contribution in [-0.2, 0) is 6.16 Å². The van der Waals surface area contributed by atoms with Crippen molar-refractivity contribution in [1.82, 2.24) is 0 Å². The van der Waals surface area contributed by atoms with Gasteiger partial charge < -0.3 is 0 Å². The molecule has 0 radical (unpaired) electrons. The summed E-state index contributed by atoms with van der Waals surface area (Å²) in [5, 5.41) is 3.61. The maximum atomic E-state index is 8.13. The molecule has 1 aliphatic rings. The molecule has 1 aliphatic carbocycles. The van der Waals surface area contributed by atoms with Crippen LogP contribution in [0.3, 0.4) is 0 Å². The molecule has 29 heavy (non-hydrogen) atoms. The molecule has 5 rings (SSSR count). The Hall–Kier alpha value is -2.66. The summed E-state index contributed by atoms with van der Waals surface area (Å²) >= 11 is 8.13. The number of hydrogen-bond donors (Lipinski definition) is 0. The summed E-state index contributed by atoms with van der Waals surface area (Å²) in [6, 6.07) is 38.8. The third-order valence-electron chi connectivity index (χ3n) is 5.96. The van der Waals surface area contributed by atoms with Crippen LogP contribution in [0.15, 0.2) is 109 Å². The third kappa shape index (κ3) is 2.87. The normalized spacial score (nSPS) is 13.8. The summed E-state index contributed by atoms with van der Waals surface area (Å²) in [6.45, 7) is 0. The zero-order chi connectivity index (χ0) is 19.8. The van der Waals surface area contributed by atoms with Gasteiger partial charge in [-0.3, -0.25) is 0 Å². The minimum atomic E-state index is -3.25. The van der Waals surface area contributed by atoms with E-state index in [0.29, 0.717) is 0 Å². The molecule has 0 aromatic heterocycles. The van der Waals surface area contributed by atoms with Crippen LogP contribution in [0.2, 0.25) is 0 Å². The van der Waals surface area contributed by atoms with E-state index in [-0.39, 0.29) is 0 Å². The van der Waals surface area contributed by atoms with Gasteiger partial charge in [0.05, 0.1) is 0 Å². The molecular weight excluding hydrogens is 391 g/mol. The fourth-order valence-electron chi connectivity index (χ4n) is 4.38. The first kappa shape index (κ1) is 18.4. The van der Waals surface area contributed by atoms with Gasteiger partial charge in [0.15, 0.2) is 0 Å². The molecule has 0 heterocycles. The van der Waals surface area contributed by atoms with Crippen molar-refractivity contribution in [3.63, 3.8) is 0 Å². The molecule has 0 fully saturated rings. The van der Waals surface area contributed by atoms with E-state index in [0.717, 1.165) is 6.16 Å². The summed E-state index contributed by atoms with van der Waals surface area (Å²) in [5.74, 6) is -3.25. The fraction of sp³-hybridized carbons (Fsp3) is 0.0370. The third-order valence-corrected chi connectivity index (χ3v) is 13.2. The van der Waals surface area contributed by atoms with Gasteiger partial charge in [0.2, 0.25) is 0 Å². The van der Waals surface area contributed by atoms with E-state index >= 15 is 0 Å². The molecule has 0 aliphatic heterocycles. The van der Waals surface area contributed by atoms with Gasteiger partial charge in [-0.1, -0.05) is 0 Å².